The summed E-state index contributed by atoms with van der Waals surface area (Å²) in [6, 6.07) is 7.31. The van der Waals surface area contributed by atoms with Crippen molar-refractivity contribution in [2.24, 2.45) is 0 Å². The number of rotatable bonds is 1. The average molecular weight is 306 g/mol. The Bertz CT molecular complexity index is 677. The molecule has 20 heavy (non-hydrogen) atoms. The van der Waals surface area contributed by atoms with Gasteiger partial charge < -0.3 is 0 Å². The van der Waals surface area contributed by atoms with Crippen LogP contribution in [0.4, 0.5) is 0 Å². The van der Waals surface area contributed by atoms with Gasteiger partial charge in [0.25, 0.3) is 0 Å². The van der Waals surface area contributed by atoms with E-state index in [4.69, 9.17) is 23.2 Å². The Hall–Kier alpha value is -1.38. The normalized spacial score (nSPS) is 17.9. The monoisotopic (exact) mass is 305 g/mol. The van der Waals surface area contributed by atoms with Gasteiger partial charge in [0.2, 0.25) is 0 Å². The molecule has 0 saturated heterocycles. The maximum absolute atomic E-state index is 12.4. The van der Waals surface area contributed by atoms with Crippen LogP contribution in [0.25, 0.3) is 0 Å². The number of benzene rings is 1. The van der Waals surface area contributed by atoms with Crippen LogP contribution < -0.4 is 0 Å². The van der Waals surface area contributed by atoms with Crippen molar-refractivity contribution < 1.29 is 4.79 Å². The number of fused-ring (bicyclic) bond motifs is 1. The molecule has 0 fully saturated rings. The highest BCUT2D eigenvalue weighted by Gasteiger charge is 2.30. The molecule has 1 aliphatic rings. The third kappa shape index (κ3) is 2.23. The topological polar surface area (TPSA) is 30.0 Å². The molecule has 2 aromatic rings. The lowest BCUT2D eigenvalue weighted by atomic mass is 9.80. The maximum Gasteiger partial charge on any atom is 0.165 e. The Morgan fingerprint density at radius 1 is 1.15 bits per heavy atom. The number of halogens is 2. The quantitative estimate of drug-likeness (QED) is 0.770. The number of ketones is 1. The Morgan fingerprint density at radius 3 is 2.55 bits per heavy atom. The van der Waals surface area contributed by atoms with Crippen LogP contribution in [0.1, 0.15) is 39.5 Å². The summed E-state index contributed by atoms with van der Waals surface area (Å²) in [5, 5.41) is 1.23. The molecule has 0 N–H and O–H groups in total. The van der Waals surface area contributed by atoms with Crippen molar-refractivity contribution in [1.82, 2.24) is 4.98 Å². The molecule has 2 nitrogen and oxygen atoms in total. The molecule has 0 amide bonds. The number of aromatic nitrogens is 1. The fourth-order valence-corrected chi connectivity index (χ4v) is 3.59. The average Bonchev–Trinajstić information content (AvgIpc) is 2.38. The van der Waals surface area contributed by atoms with Crippen LogP contribution in [0.5, 0.6) is 0 Å². The largest absolute Gasteiger partial charge is 0.294 e. The zero-order valence-corrected chi connectivity index (χ0v) is 12.5. The molecule has 102 valence electrons. The van der Waals surface area contributed by atoms with Gasteiger partial charge in [-0.05, 0) is 48.6 Å². The number of aryl methyl sites for hydroxylation is 1. The van der Waals surface area contributed by atoms with Gasteiger partial charge in [0.15, 0.2) is 5.78 Å². The SMILES string of the molecule is Cc1ccnc2c1C(=O)C[C@H](c1c(Cl)cccc1Cl)C2. The molecule has 4 heteroatoms. The zero-order valence-electron chi connectivity index (χ0n) is 11.0. The number of nitrogens with zero attached hydrogens (tertiary/aromatic N) is 1. The second-order valence-electron chi connectivity index (χ2n) is 5.11. The van der Waals surface area contributed by atoms with Crippen LogP contribution in [0.2, 0.25) is 10.0 Å². The third-order valence-electron chi connectivity index (χ3n) is 3.80. The summed E-state index contributed by atoms with van der Waals surface area (Å²) in [4.78, 5) is 16.7. The highest BCUT2D eigenvalue weighted by molar-refractivity contribution is 6.36. The summed E-state index contributed by atoms with van der Waals surface area (Å²) in [7, 11) is 0. The van der Waals surface area contributed by atoms with E-state index in [1.165, 1.54) is 0 Å². The molecule has 1 aliphatic carbocycles. The lowest BCUT2D eigenvalue weighted by Crippen LogP contribution is -2.21. The standard InChI is InChI=1S/C16H13Cl2NO/c1-9-5-6-19-13-7-10(8-14(20)15(9)13)16-11(17)3-2-4-12(16)18/h2-6,10H,7-8H2,1H3/t10-/m1/s1. The van der Waals surface area contributed by atoms with Crippen molar-refractivity contribution >= 4 is 29.0 Å². The van der Waals surface area contributed by atoms with Crippen LogP contribution in [0.15, 0.2) is 30.5 Å². The summed E-state index contributed by atoms with van der Waals surface area (Å²) >= 11 is 12.5. The number of carbonyl (C=O) groups excluding carboxylic acids is 1. The molecule has 0 saturated carbocycles. The lowest BCUT2D eigenvalue weighted by Gasteiger charge is -2.25. The minimum absolute atomic E-state index is 0.00509. The van der Waals surface area contributed by atoms with Gasteiger partial charge in [-0.1, -0.05) is 29.3 Å². The van der Waals surface area contributed by atoms with Gasteiger partial charge in [-0.15, -0.1) is 0 Å². The first-order valence-electron chi connectivity index (χ1n) is 6.49. The molecule has 1 aromatic heterocycles. The summed E-state index contributed by atoms with van der Waals surface area (Å²) in [6.07, 6.45) is 2.88. The fourth-order valence-electron chi connectivity index (χ4n) is 2.89. The molecular formula is C16H13Cl2NO. The molecule has 0 unspecified atom stereocenters. The van der Waals surface area contributed by atoms with Gasteiger partial charge in [-0.25, -0.2) is 0 Å². The van der Waals surface area contributed by atoms with Gasteiger partial charge >= 0.3 is 0 Å². The first-order chi connectivity index (χ1) is 9.58. The minimum Gasteiger partial charge on any atom is -0.294 e. The summed E-state index contributed by atoms with van der Waals surface area (Å²) in [5.41, 5.74) is 3.47. The van der Waals surface area contributed by atoms with E-state index in [1.54, 1.807) is 6.20 Å². The van der Waals surface area contributed by atoms with Gasteiger partial charge in [-0.3, -0.25) is 9.78 Å². The van der Waals surface area contributed by atoms with Gasteiger partial charge in [0, 0.05) is 28.2 Å². The second kappa shape index (κ2) is 5.19. The Labute approximate surface area is 127 Å². The van der Waals surface area contributed by atoms with Crippen LogP contribution in [0, 0.1) is 6.92 Å². The van der Waals surface area contributed by atoms with Crippen LogP contribution >= 0.6 is 23.2 Å². The van der Waals surface area contributed by atoms with Crippen molar-refractivity contribution in [2.75, 3.05) is 0 Å². The van der Waals surface area contributed by atoms with Crippen molar-refractivity contribution in [2.45, 2.75) is 25.7 Å². The van der Waals surface area contributed by atoms with Crippen LogP contribution in [-0.2, 0) is 6.42 Å². The summed E-state index contributed by atoms with van der Waals surface area (Å²) in [5.74, 6) is 0.128. The predicted octanol–water partition coefficient (Wildman–Crippen LogP) is 4.61. The van der Waals surface area contributed by atoms with Crippen molar-refractivity contribution in [3.63, 3.8) is 0 Å². The van der Waals surface area contributed by atoms with E-state index in [9.17, 15) is 4.79 Å². The van der Waals surface area contributed by atoms with Gasteiger partial charge in [0.1, 0.15) is 0 Å². The molecule has 0 aliphatic heterocycles. The van der Waals surface area contributed by atoms with E-state index in [0.717, 1.165) is 22.4 Å². The minimum atomic E-state index is 0.00509. The number of hydrogen-bond donors (Lipinski definition) is 0. The number of pyridine rings is 1. The maximum atomic E-state index is 12.4. The lowest BCUT2D eigenvalue weighted by molar-refractivity contribution is 0.0962. The third-order valence-corrected chi connectivity index (χ3v) is 4.46. The van der Waals surface area contributed by atoms with E-state index in [1.807, 2.05) is 31.2 Å². The molecular weight excluding hydrogens is 293 g/mol. The van der Waals surface area contributed by atoms with E-state index < -0.39 is 0 Å². The van der Waals surface area contributed by atoms with Crippen molar-refractivity contribution in [1.29, 1.82) is 0 Å². The number of carbonyl (C=O) groups is 1. The molecule has 0 radical (unpaired) electrons. The molecule has 0 bridgehead atoms. The smallest absolute Gasteiger partial charge is 0.165 e. The number of hydrogen-bond acceptors (Lipinski definition) is 2. The van der Waals surface area contributed by atoms with Crippen molar-refractivity contribution in [3.05, 3.63) is 62.9 Å². The Balaban J connectivity index is 2.06. The zero-order chi connectivity index (χ0) is 14.3. The first kappa shape index (κ1) is 13.6. The van der Waals surface area contributed by atoms with E-state index in [0.29, 0.717) is 22.9 Å². The second-order valence-corrected chi connectivity index (χ2v) is 5.93. The number of Topliss-reactive ketones (excluding diaryl/α,β-unsaturated/α-hetero) is 1. The highest BCUT2D eigenvalue weighted by atomic mass is 35.5. The Morgan fingerprint density at radius 2 is 1.85 bits per heavy atom. The molecule has 1 aromatic carbocycles. The Kier molecular flexibility index (Phi) is 3.53. The van der Waals surface area contributed by atoms with Crippen LogP contribution in [0.3, 0.4) is 0 Å². The summed E-state index contributed by atoms with van der Waals surface area (Å²) < 4.78 is 0. The van der Waals surface area contributed by atoms with Crippen molar-refractivity contribution in [3.8, 4) is 0 Å². The highest BCUT2D eigenvalue weighted by Crippen LogP contribution is 2.39. The molecule has 0 spiro atoms. The van der Waals surface area contributed by atoms with Gasteiger partial charge in [0.05, 0.1) is 5.69 Å². The van der Waals surface area contributed by atoms with Gasteiger partial charge in [-0.2, -0.15) is 0 Å². The molecule has 1 heterocycles. The predicted molar refractivity (Wildman–Crippen MR) is 80.8 cm³/mol. The molecule has 1 atom stereocenters. The fraction of sp³-hybridized carbons (Fsp3) is 0.250. The van der Waals surface area contributed by atoms with E-state index in [2.05, 4.69) is 4.98 Å². The van der Waals surface area contributed by atoms with Crippen LogP contribution in [-0.4, -0.2) is 10.8 Å². The molecule has 3 rings (SSSR count). The van der Waals surface area contributed by atoms with E-state index >= 15 is 0 Å². The summed E-state index contributed by atoms with van der Waals surface area (Å²) in [6.45, 7) is 1.95. The first-order valence-corrected chi connectivity index (χ1v) is 7.25. The van der Waals surface area contributed by atoms with E-state index in [-0.39, 0.29) is 11.7 Å².